The van der Waals surface area contributed by atoms with Crippen LogP contribution in [0.3, 0.4) is 0 Å². The van der Waals surface area contributed by atoms with Gasteiger partial charge >= 0.3 is 0 Å². The molecule has 1 amide bonds. The number of hydrogen-bond donors (Lipinski definition) is 1. The van der Waals surface area contributed by atoms with E-state index in [0.717, 1.165) is 36.3 Å². The van der Waals surface area contributed by atoms with Crippen LogP contribution in [0, 0.1) is 6.92 Å². The van der Waals surface area contributed by atoms with E-state index in [0.29, 0.717) is 44.1 Å². The number of aliphatic hydroxyl groups is 1. The average molecular weight is 527 g/mol. The third kappa shape index (κ3) is 6.21. The number of rotatable bonds is 9. The van der Waals surface area contributed by atoms with Crippen molar-refractivity contribution in [3.8, 4) is 5.75 Å². The van der Waals surface area contributed by atoms with Gasteiger partial charge in [-0.2, -0.15) is 0 Å². The smallest absolute Gasteiger partial charge is 0.295 e. The Morgan fingerprint density at radius 2 is 1.62 bits per heavy atom. The van der Waals surface area contributed by atoms with Gasteiger partial charge in [-0.3, -0.25) is 14.5 Å². The summed E-state index contributed by atoms with van der Waals surface area (Å²) in [6.45, 7) is 6.75. The van der Waals surface area contributed by atoms with E-state index < -0.39 is 17.7 Å². The first-order valence-corrected chi connectivity index (χ1v) is 13.4. The fourth-order valence-corrected chi connectivity index (χ4v) is 5.10. The summed E-state index contributed by atoms with van der Waals surface area (Å²) in [5.74, 6) is -0.710. The number of hydrogen-bond acceptors (Lipinski definition) is 6. The zero-order chi connectivity index (χ0) is 27.2. The molecule has 7 nitrogen and oxygen atoms in total. The molecule has 1 unspecified atom stereocenters. The number of nitrogens with zero attached hydrogens (tertiary/aromatic N) is 2. The van der Waals surface area contributed by atoms with E-state index in [2.05, 4.69) is 4.90 Å². The van der Waals surface area contributed by atoms with Crippen LogP contribution in [0.25, 0.3) is 5.76 Å². The monoisotopic (exact) mass is 526 g/mol. The second-order valence-corrected chi connectivity index (χ2v) is 10.0. The van der Waals surface area contributed by atoms with Crippen LogP contribution in [-0.2, 0) is 20.9 Å². The summed E-state index contributed by atoms with van der Waals surface area (Å²) in [5, 5.41) is 11.3. The summed E-state index contributed by atoms with van der Waals surface area (Å²) < 4.78 is 11.4. The molecule has 0 radical (unpaired) electrons. The third-order valence-electron chi connectivity index (χ3n) is 7.29. The minimum absolute atomic E-state index is 0.119. The van der Waals surface area contributed by atoms with Crippen LogP contribution in [0.5, 0.6) is 5.75 Å². The number of likely N-dealkylation sites (tertiary alicyclic amines) is 1. The minimum atomic E-state index is -0.681. The summed E-state index contributed by atoms with van der Waals surface area (Å²) in [5.41, 5.74) is 3.49. The van der Waals surface area contributed by atoms with Crippen molar-refractivity contribution in [3.63, 3.8) is 0 Å². The van der Waals surface area contributed by atoms with E-state index in [1.807, 2.05) is 73.7 Å². The van der Waals surface area contributed by atoms with Crippen molar-refractivity contribution < 1.29 is 24.2 Å². The van der Waals surface area contributed by atoms with Crippen LogP contribution >= 0.6 is 0 Å². The van der Waals surface area contributed by atoms with Crippen molar-refractivity contribution in [2.45, 2.75) is 26.0 Å². The van der Waals surface area contributed by atoms with E-state index in [1.165, 1.54) is 0 Å². The van der Waals surface area contributed by atoms with Gasteiger partial charge in [-0.15, -0.1) is 0 Å². The normalized spacial score (nSPS) is 19.4. The van der Waals surface area contributed by atoms with Gasteiger partial charge in [0.25, 0.3) is 11.7 Å². The molecule has 0 spiro atoms. The lowest BCUT2D eigenvalue weighted by molar-refractivity contribution is -0.140. The zero-order valence-electron chi connectivity index (χ0n) is 22.2. The number of carbonyl (C=O) groups is 2. The average Bonchev–Trinajstić information content (AvgIpc) is 3.22. The van der Waals surface area contributed by atoms with E-state index in [1.54, 1.807) is 17.0 Å². The molecule has 2 fully saturated rings. The molecule has 2 aliphatic heterocycles. The highest BCUT2D eigenvalue weighted by Gasteiger charge is 2.45. The Balaban J connectivity index is 1.41. The molecule has 7 heteroatoms. The molecule has 5 rings (SSSR count). The number of morpholine rings is 1. The number of ketones is 1. The quantitative estimate of drug-likeness (QED) is 0.247. The van der Waals surface area contributed by atoms with Gasteiger partial charge in [0.2, 0.25) is 0 Å². The maximum Gasteiger partial charge on any atom is 0.295 e. The van der Waals surface area contributed by atoms with Crippen LogP contribution in [-0.4, -0.2) is 66.0 Å². The van der Waals surface area contributed by atoms with Gasteiger partial charge in [0.05, 0.1) is 24.8 Å². The van der Waals surface area contributed by atoms with Crippen LogP contribution in [0.4, 0.5) is 0 Å². The SMILES string of the molecule is Cc1ccc(/C(O)=C2\C(=O)C(=O)N(CCCN3CCOCC3)C2c2ccc(OCc3ccccc3)cc2)cc1. The van der Waals surface area contributed by atoms with E-state index >= 15 is 0 Å². The first kappa shape index (κ1) is 26.7. The summed E-state index contributed by atoms with van der Waals surface area (Å²) in [6, 6.07) is 24.0. The molecule has 1 atom stereocenters. The molecule has 0 aromatic heterocycles. The zero-order valence-corrected chi connectivity index (χ0v) is 22.2. The Bertz CT molecular complexity index is 1310. The molecule has 2 saturated heterocycles. The number of aryl methyl sites for hydroxylation is 1. The van der Waals surface area contributed by atoms with Crippen molar-refractivity contribution in [1.29, 1.82) is 0 Å². The van der Waals surface area contributed by atoms with E-state index in [9.17, 15) is 14.7 Å². The number of amides is 1. The molecule has 3 aromatic carbocycles. The third-order valence-corrected chi connectivity index (χ3v) is 7.29. The summed E-state index contributed by atoms with van der Waals surface area (Å²) in [4.78, 5) is 30.5. The van der Waals surface area contributed by atoms with E-state index in [-0.39, 0.29) is 11.3 Å². The number of aliphatic hydroxyl groups excluding tert-OH is 1. The number of ether oxygens (including phenoxy) is 2. The summed E-state index contributed by atoms with van der Waals surface area (Å²) >= 11 is 0. The van der Waals surface area contributed by atoms with Crippen molar-refractivity contribution in [2.75, 3.05) is 39.4 Å². The Hall–Kier alpha value is -3.94. The second kappa shape index (κ2) is 12.3. The molecule has 3 aromatic rings. The van der Waals surface area contributed by atoms with E-state index in [4.69, 9.17) is 9.47 Å². The number of carbonyl (C=O) groups excluding carboxylic acids is 2. The van der Waals surface area contributed by atoms with Gasteiger partial charge in [0, 0.05) is 31.7 Å². The molecule has 2 heterocycles. The Kier molecular flexibility index (Phi) is 8.39. The highest BCUT2D eigenvalue weighted by atomic mass is 16.5. The van der Waals surface area contributed by atoms with Crippen LogP contribution in [0.2, 0.25) is 0 Å². The van der Waals surface area contributed by atoms with Crippen molar-refractivity contribution in [1.82, 2.24) is 9.80 Å². The van der Waals surface area contributed by atoms with Crippen LogP contribution in [0.1, 0.15) is 34.7 Å². The standard InChI is InChI=1S/C32H34N2O5/c1-23-8-10-26(11-9-23)30(35)28-29(25-12-14-27(15-13-25)39-22-24-6-3-2-4-7-24)34(32(37)31(28)36)17-5-16-33-18-20-38-21-19-33/h2-4,6-15,29,35H,5,16-22H2,1H3/b30-28+. The number of benzene rings is 3. The molecular weight excluding hydrogens is 492 g/mol. The van der Waals surface area contributed by atoms with Crippen molar-refractivity contribution in [2.24, 2.45) is 0 Å². The maximum atomic E-state index is 13.3. The second-order valence-electron chi connectivity index (χ2n) is 10.0. The predicted octanol–water partition coefficient (Wildman–Crippen LogP) is 4.72. The molecule has 202 valence electrons. The summed E-state index contributed by atoms with van der Waals surface area (Å²) in [7, 11) is 0. The highest BCUT2D eigenvalue weighted by molar-refractivity contribution is 6.46. The fraction of sp³-hybridized carbons (Fsp3) is 0.312. The maximum absolute atomic E-state index is 13.3. The lowest BCUT2D eigenvalue weighted by Crippen LogP contribution is -2.38. The molecule has 0 saturated carbocycles. The first-order valence-electron chi connectivity index (χ1n) is 13.4. The van der Waals surface area contributed by atoms with Gasteiger partial charge in [-0.25, -0.2) is 0 Å². The van der Waals surface area contributed by atoms with Crippen LogP contribution < -0.4 is 4.74 Å². The Labute approximate surface area is 229 Å². The molecule has 39 heavy (non-hydrogen) atoms. The molecule has 2 aliphatic rings. The van der Waals surface area contributed by atoms with Gasteiger partial charge in [0.15, 0.2) is 0 Å². The first-order chi connectivity index (χ1) is 19.0. The molecular formula is C32H34N2O5. The van der Waals surface area contributed by atoms with Gasteiger partial charge < -0.3 is 19.5 Å². The lowest BCUT2D eigenvalue weighted by atomic mass is 9.95. The summed E-state index contributed by atoms with van der Waals surface area (Å²) in [6.07, 6.45) is 0.715. The van der Waals surface area contributed by atoms with Gasteiger partial charge in [-0.05, 0) is 36.6 Å². The molecule has 0 bridgehead atoms. The Morgan fingerprint density at radius 3 is 2.31 bits per heavy atom. The van der Waals surface area contributed by atoms with Crippen LogP contribution in [0.15, 0.2) is 84.4 Å². The molecule has 1 N–H and O–H groups in total. The minimum Gasteiger partial charge on any atom is -0.507 e. The van der Waals surface area contributed by atoms with Crippen molar-refractivity contribution in [3.05, 3.63) is 107 Å². The number of Topliss-reactive ketones (excluding diaryl/α,β-unsaturated/α-hetero) is 1. The fourth-order valence-electron chi connectivity index (χ4n) is 5.10. The Morgan fingerprint density at radius 1 is 0.923 bits per heavy atom. The predicted molar refractivity (Wildman–Crippen MR) is 149 cm³/mol. The van der Waals surface area contributed by atoms with Crippen molar-refractivity contribution >= 4 is 17.4 Å². The highest BCUT2D eigenvalue weighted by Crippen LogP contribution is 2.40. The van der Waals surface area contributed by atoms with Gasteiger partial charge in [0.1, 0.15) is 18.1 Å². The largest absolute Gasteiger partial charge is 0.507 e. The topological polar surface area (TPSA) is 79.3 Å². The lowest BCUT2D eigenvalue weighted by Gasteiger charge is -2.29. The van der Waals surface area contributed by atoms with Gasteiger partial charge in [-0.1, -0.05) is 72.3 Å². The molecule has 0 aliphatic carbocycles.